The molecule has 0 aliphatic carbocycles. The molecule has 0 fully saturated rings. The van der Waals surface area contributed by atoms with Crippen LogP contribution in [0.5, 0.6) is 0 Å². The zero-order chi connectivity index (χ0) is 13.9. The van der Waals surface area contributed by atoms with Crippen LogP contribution in [0.3, 0.4) is 0 Å². The average molecular weight is 273 g/mol. The number of imidazole rings is 1. The molecule has 0 bridgehead atoms. The molecule has 7 heteroatoms. The zero-order valence-corrected chi connectivity index (χ0v) is 9.76. The topological polar surface area (TPSA) is 40.7 Å². The van der Waals surface area contributed by atoms with Crippen LogP contribution in [0.25, 0.3) is 0 Å². The fourth-order valence-corrected chi connectivity index (χ4v) is 1.62. The molecule has 1 aromatic heterocycles. The van der Waals surface area contributed by atoms with Gasteiger partial charge in [-0.05, 0) is 17.7 Å². The molecule has 19 heavy (non-hydrogen) atoms. The lowest BCUT2D eigenvalue weighted by molar-refractivity contribution is -0.140. The summed E-state index contributed by atoms with van der Waals surface area (Å²) >= 11 is 0. The molecule has 3 nitrogen and oxygen atoms in total. The van der Waals surface area contributed by atoms with Gasteiger partial charge in [0.2, 0.25) is 0 Å². The Labute approximate surface area is 106 Å². The highest BCUT2D eigenvalue weighted by atomic mass is 19.4. The maximum absolute atomic E-state index is 13.1. The van der Waals surface area contributed by atoms with Gasteiger partial charge in [-0.2, -0.15) is 13.2 Å². The molecule has 1 aromatic carbocycles. The van der Waals surface area contributed by atoms with Gasteiger partial charge in [0.15, 0.2) is 0 Å². The van der Waals surface area contributed by atoms with Crippen molar-refractivity contribution in [3.8, 4) is 0 Å². The molecule has 0 atom stereocenters. The van der Waals surface area contributed by atoms with Gasteiger partial charge in [-0.25, -0.2) is 9.37 Å². The summed E-state index contributed by atoms with van der Waals surface area (Å²) in [6.45, 7) is 0.593. The van der Waals surface area contributed by atoms with Crippen molar-refractivity contribution in [1.29, 1.82) is 0 Å². The normalized spacial score (nSPS) is 11.8. The number of hydrogen-bond donors (Lipinski definition) is 2. The number of aromatic nitrogens is 2. The quantitative estimate of drug-likeness (QED) is 0.841. The van der Waals surface area contributed by atoms with Crippen LogP contribution in [0.2, 0.25) is 0 Å². The average Bonchev–Trinajstić information content (AvgIpc) is 2.83. The number of halogens is 4. The number of benzene rings is 1. The maximum atomic E-state index is 13.1. The van der Waals surface area contributed by atoms with Gasteiger partial charge in [-0.15, -0.1) is 0 Å². The summed E-state index contributed by atoms with van der Waals surface area (Å²) in [6.07, 6.45) is -1.45. The monoisotopic (exact) mass is 273 g/mol. The van der Waals surface area contributed by atoms with Crippen molar-refractivity contribution in [3.05, 3.63) is 53.4 Å². The first-order chi connectivity index (χ1) is 8.97. The SMILES string of the molecule is Fc1ccc(CNCc2ncc[nH]2)cc1C(F)(F)F. The minimum Gasteiger partial charge on any atom is -0.348 e. The van der Waals surface area contributed by atoms with Gasteiger partial charge >= 0.3 is 6.18 Å². The second-order valence-corrected chi connectivity index (χ2v) is 3.95. The first-order valence-corrected chi connectivity index (χ1v) is 5.51. The van der Waals surface area contributed by atoms with E-state index in [0.29, 0.717) is 17.9 Å². The molecule has 0 aliphatic heterocycles. The summed E-state index contributed by atoms with van der Waals surface area (Å²) in [5.74, 6) is -0.583. The van der Waals surface area contributed by atoms with Gasteiger partial charge in [0.25, 0.3) is 0 Å². The van der Waals surface area contributed by atoms with Crippen LogP contribution < -0.4 is 5.32 Å². The summed E-state index contributed by atoms with van der Waals surface area (Å²) in [6, 6.07) is 2.96. The number of rotatable bonds is 4. The Morgan fingerprint density at radius 2 is 2.00 bits per heavy atom. The molecule has 0 radical (unpaired) electrons. The minimum absolute atomic E-state index is 0.198. The molecule has 0 aliphatic rings. The number of alkyl halides is 3. The minimum atomic E-state index is -4.68. The second-order valence-electron chi connectivity index (χ2n) is 3.95. The van der Waals surface area contributed by atoms with E-state index in [9.17, 15) is 17.6 Å². The smallest absolute Gasteiger partial charge is 0.348 e. The summed E-state index contributed by atoms with van der Waals surface area (Å²) in [5, 5.41) is 2.92. The molecule has 1 heterocycles. The molecule has 102 valence electrons. The molecule has 0 saturated carbocycles. The standard InChI is InChI=1S/C12H11F4N3/c13-10-2-1-8(5-9(10)12(14,15)16)6-17-7-11-18-3-4-19-11/h1-5,17H,6-7H2,(H,18,19). The van der Waals surface area contributed by atoms with Crippen LogP contribution >= 0.6 is 0 Å². The van der Waals surface area contributed by atoms with Gasteiger partial charge in [0, 0.05) is 18.9 Å². The summed E-state index contributed by atoms with van der Waals surface area (Å²) < 4.78 is 50.6. The first-order valence-electron chi connectivity index (χ1n) is 5.51. The Balaban J connectivity index is 2.01. The molecule has 2 rings (SSSR count). The van der Waals surface area contributed by atoms with Crippen LogP contribution in [-0.2, 0) is 19.3 Å². The number of hydrogen-bond acceptors (Lipinski definition) is 2. The maximum Gasteiger partial charge on any atom is 0.419 e. The summed E-state index contributed by atoms with van der Waals surface area (Å²) in [7, 11) is 0. The van der Waals surface area contributed by atoms with Crippen molar-refractivity contribution in [3.63, 3.8) is 0 Å². The van der Waals surface area contributed by atoms with Crippen LogP contribution in [-0.4, -0.2) is 9.97 Å². The van der Waals surface area contributed by atoms with Crippen LogP contribution in [0.1, 0.15) is 17.0 Å². The summed E-state index contributed by atoms with van der Waals surface area (Å²) in [4.78, 5) is 6.81. The Morgan fingerprint density at radius 1 is 1.21 bits per heavy atom. The lowest BCUT2D eigenvalue weighted by Gasteiger charge is -2.10. The Bertz CT molecular complexity index is 534. The van der Waals surface area contributed by atoms with E-state index in [1.54, 1.807) is 12.4 Å². The van der Waals surface area contributed by atoms with Crippen LogP contribution in [0.4, 0.5) is 17.6 Å². The Morgan fingerprint density at radius 3 is 2.63 bits per heavy atom. The van der Waals surface area contributed by atoms with Crippen LogP contribution in [0.15, 0.2) is 30.6 Å². The van der Waals surface area contributed by atoms with E-state index in [1.807, 2.05) is 0 Å². The van der Waals surface area contributed by atoms with Gasteiger partial charge in [0.05, 0.1) is 12.1 Å². The molecule has 2 aromatic rings. The molecule has 0 unspecified atom stereocenters. The van der Waals surface area contributed by atoms with Crippen molar-refractivity contribution in [2.75, 3.05) is 0 Å². The second kappa shape index (κ2) is 5.40. The van der Waals surface area contributed by atoms with Crippen molar-refractivity contribution >= 4 is 0 Å². The van der Waals surface area contributed by atoms with Crippen molar-refractivity contribution in [2.45, 2.75) is 19.3 Å². The molecular weight excluding hydrogens is 262 g/mol. The molecule has 0 spiro atoms. The summed E-state index contributed by atoms with van der Waals surface area (Å²) in [5.41, 5.74) is -0.884. The van der Waals surface area contributed by atoms with Gasteiger partial charge in [-0.1, -0.05) is 6.07 Å². The first kappa shape index (κ1) is 13.5. The van der Waals surface area contributed by atoms with E-state index in [1.165, 1.54) is 6.07 Å². The predicted octanol–water partition coefficient (Wildman–Crippen LogP) is 2.86. The Hall–Kier alpha value is -1.89. The number of aromatic amines is 1. The molecule has 0 amide bonds. The Kier molecular flexibility index (Phi) is 3.84. The highest BCUT2D eigenvalue weighted by molar-refractivity contribution is 5.27. The van der Waals surface area contributed by atoms with E-state index < -0.39 is 17.6 Å². The van der Waals surface area contributed by atoms with Crippen molar-refractivity contribution < 1.29 is 17.6 Å². The fourth-order valence-electron chi connectivity index (χ4n) is 1.62. The van der Waals surface area contributed by atoms with E-state index in [0.717, 1.165) is 12.1 Å². The van der Waals surface area contributed by atoms with Gasteiger partial charge in [0.1, 0.15) is 11.6 Å². The van der Waals surface area contributed by atoms with Gasteiger partial charge < -0.3 is 10.3 Å². The zero-order valence-electron chi connectivity index (χ0n) is 9.76. The lowest BCUT2D eigenvalue weighted by Crippen LogP contribution is -2.15. The van der Waals surface area contributed by atoms with Crippen molar-refractivity contribution in [1.82, 2.24) is 15.3 Å². The third-order valence-corrected chi connectivity index (χ3v) is 2.51. The van der Waals surface area contributed by atoms with E-state index in [-0.39, 0.29) is 6.54 Å². The third kappa shape index (κ3) is 3.54. The number of nitrogens with zero attached hydrogens (tertiary/aromatic N) is 1. The van der Waals surface area contributed by atoms with Crippen molar-refractivity contribution in [2.24, 2.45) is 0 Å². The fraction of sp³-hybridized carbons (Fsp3) is 0.250. The molecule has 2 N–H and O–H groups in total. The van der Waals surface area contributed by atoms with E-state index in [4.69, 9.17) is 0 Å². The van der Waals surface area contributed by atoms with E-state index in [2.05, 4.69) is 15.3 Å². The highest BCUT2D eigenvalue weighted by Gasteiger charge is 2.34. The van der Waals surface area contributed by atoms with Gasteiger partial charge in [-0.3, -0.25) is 0 Å². The number of H-pyrrole nitrogens is 1. The predicted molar refractivity (Wildman–Crippen MR) is 60.5 cm³/mol. The van der Waals surface area contributed by atoms with E-state index >= 15 is 0 Å². The van der Waals surface area contributed by atoms with Crippen LogP contribution in [0, 0.1) is 5.82 Å². The third-order valence-electron chi connectivity index (χ3n) is 2.51. The molecular formula is C12H11F4N3. The number of nitrogens with one attached hydrogen (secondary N) is 2. The lowest BCUT2D eigenvalue weighted by atomic mass is 10.1. The highest BCUT2D eigenvalue weighted by Crippen LogP contribution is 2.31. The molecule has 0 saturated heterocycles. The largest absolute Gasteiger partial charge is 0.419 e.